The van der Waals surface area contributed by atoms with Gasteiger partial charge in [-0.15, -0.1) is 0 Å². The number of hydrogen-bond donors (Lipinski definition) is 5. The Morgan fingerprint density at radius 2 is 1.93 bits per heavy atom. The first-order valence-electron chi connectivity index (χ1n) is 8.13. The number of nitrogens with one attached hydrogen (secondary N) is 1. The Labute approximate surface area is 154 Å². The third kappa shape index (κ3) is 4.18. The number of phenols is 2. The normalized spacial score (nSPS) is 19.1. The molecule has 1 aliphatic rings. The van der Waals surface area contributed by atoms with Crippen LogP contribution in [0.15, 0.2) is 59.8 Å². The first-order chi connectivity index (χ1) is 13.0. The average Bonchev–Trinajstić information content (AvgIpc) is 2.67. The van der Waals surface area contributed by atoms with Crippen molar-refractivity contribution in [1.29, 1.82) is 0 Å². The SMILES string of the molecule is O=C1C=CC(Oc2ccccc2N[C@@H](O)c2ccc(O)c(O)c2)CC1=NO. The molecule has 140 valence electrons. The summed E-state index contributed by atoms with van der Waals surface area (Å²) in [5.74, 6) is -0.576. The highest BCUT2D eigenvalue weighted by Crippen LogP contribution is 2.32. The summed E-state index contributed by atoms with van der Waals surface area (Å²) in [6.45, 7) is 0. The Morgan fingerprint density at radius 3 is 2.67 bits per heavy atom. The van der Waals surface area contributed by atoms with E-state index in [0.29, 0.717) is 17.0 Å². The van der Waals surface area contributed by atoms with Crippen LogP contribution in [0.3, 0.4) is 0 Å². The molecule has 0 amide bonds. The molecule has 2 aromatic carbocycles. The Balaban J connectivity index is 1.77. The van der Waals surface area contributed by atoms with Crippen molar-refractivity contribution in [3.63, 3.8) is 0 Å². The van der Waals surface area contributed by atoms with Gasteiger partial charge in [0.05, 0.1) is 5.69 Å². The predicted octanol–water partition coefficient (Wildman–Crippen LogP) is 2.31. The van der Waals surface area contributed by atoms with Crippen LogP contribution < -0.4 is 10.1 Å². The number of aromatic hydroxyl groups is 2. The van der Waals surface area contributed by atoms with Crippen LogP contribution in [0.1, 0.15) is 18.2 Å². The number of rotatable bonds is 5. The smallest absolute Gasteiger partial charge is 0.203 e. The Kier molecular flexibility index (Phi) is 5.28. The number of ketones is 1. The van der Waals surface area contributed by atoms with E-state index in [0.717, 1.165) is 0 Å². The van der Waals surface area contributed by atoms with Gasteiger partial charge in [-0.2, -0.15) is 0 Å². The van der Waals surface area contributed by atoms with Crippen LogP contribution in [0, 0.1) is 0 Å². The van der Waals surface area contributed by atoms with Gasteiger partial charge >= 0.3 is 0 Å². The Bertz CT molecular complexity index is 909. The van der Waals surface area contributed by atoms with Gasteiger partial charge in [0.15, 0.2) is 17.7 Å². The molecule has 2 aromatic rings. The van der Waals surface area contributed by atoms with Gasteiger partial charge in [0.25, 0.3) is 0 Å². The minimum absolute atomic E-state index is 0.00698. The summed E-state index contributed by atoms with van der Waals surface area (Å²) in [6, 6.07) is 10.9. The molecular weight excluding hydrogens is 352 g/mol. The molecule has 0 aromatic heterocycles. The lowest BCUT2D eigenvalue weighted by atomic mass is 10.0. The van der Waals surface area contributed by atoms with Crippen molar-refractivity contribution in [1.82, 2.24) is 0 Å². The second-order valence-corrected chi connectivity index (χ2v) is 5.92. The molecule has 0 aliphatic heterocycles. The van der Waals surface area contributed by atoms with Gasteiger partial charge < -0.3 is 30.6 Å². The molecule has 8 heteroatoms. The van der Waals surface area contributed by atoms with E-state index in [2.05, 4.69) is 10.5 Å². The molecule has 0 radical (unpaired) electrons. The largest absolute Gasteiger partial charge is 0.504 e. The quantitative estimate of drug-likeness (QED) is 0.236. The highest BCUT2D eigenvalue weighted by Gasteiger charge is 2.23. The van der Waals surface area contributed by atoms with Crippen LogP contribution >= 0.6 is 0 Å². The van der Waals surface area contributed by atoms with E-state index >= 15 is 0 Å². The molecule has 0 bridgehead atoms. The lowest BCUT2D eigenvalue weighted by Crippen LogP contribution is -2.28. The van der Waals surface area contributed by atoms with Crippen molar-refractivity contribution in [2.75, 3.05) is 5.32 Å². The number of carbonyl (C=O) groups excluding carboxylic acids is 1. The zero-order chi connectivity index (χ0) is 19.4. The molecule has 1 aliphatic carbocycles. The molecule has 27 heavy (non-hydrogen) atoms. The maximum Gasteiger partial charge on any atom is 0.203 e. The minimum atomic E-state index is -1.17. The summed E-state index contributed by atoms with van der Waals surface area (Å²) in [5, 5.41) is 44.0. The molecule has 2 atom stereocenters. The van der Waals surface area contributed by atoms with Crippen LogP contribution in [0.2, 0.25) is 0 Å². The molecule has 0 fully saturated rings. The fraction of sp³-hybridized carbons (Fsp3) is 0.158. The van der Waals surface area contributed by atoms with Gasteiger partial charge in [-0.05, 0) is 36.4 Å². The van der Waals surface area contributed by atoms with Crippen molar-refractivity contribution in [3.05, 3.63) is 60.2 Å². The van der Waals surface area contributed by atoms with E-state index in [9.17, 15) is 20.1 Å². The molecule has 5 N–H and O–H groups in total. The van der Waals surface area contributed by atoms with E-state index in [4.69, 9.17) is 9.94 Å². The lowest BCUT2D eigenvalue weighted by molar-refractivity contribution is -0.109. The molecule has 0 spiro atoms. The zero-order valence-corrected chi connectivity index (χ0v) is 14.1. The van der Waals surface area contributed by atoms with Crippen molar-refractivity contribution >= 4 is 17.2 Å². The van der Waals surface area contributed by atoms with Crippen LogP contribution in [-0.4, -0.2) is 38.1 Å². The van der Waals surface area contributed by atoms with E-state index < -0.39 is 12.3 Å². The maximum absolute atomic E-state index is 11.5. The average molecular weight is 370 g/mol. The summed E-state index contributed by atoms with van der Waals surface area (Å²) in [7, 11) is 0. The van der Waals surface area contributed by atoms with Gasteiger partial charge in [0.2, 0.25) is 5.78 Å². The standard InChI is InChI=1S/C19H18N2O6/c22-15-8-6-12(10-14(15)21-26)27-18-4-2-1-3-13(18)20-19(25)11-5-7-16(23)17(24)9-11/h1-9,12,19-20,23-26H,10H2/t12?,19-/m0/s1. The second kappa shape index (κ2) is 7.79. The number of carbonyl (C=O) groups is 1. The number of para-hydroxylation sites is 2. The molecule has 0 saturated carbocycles. The van der Waals surface area contributed by atoms with Crippen molar-refractivity contribution in [2.24, 2.45) is 5.16 Å². The molecule has 8 nitrogen and oxygen atoms in total. The fourth-order valence-corrected chi connectivity index (χ4v) is 2.61. The van der Waals surface area contributed by atoms with E-state index in [1.54, 1.807) is 30.3 Å². The topological polar surface area (TPSA) is 132 Å². The van der Waals surface area contributed by atoms with Crippen molar-refractivity contribution in [3.8, 4) is 17.2 Å². The Morgan fingerprint density at radius 1 is 1.15 bits per heavy atom. The third-order valence-electron chi connectivity index (χ3n) is 4.03. The summed E-state index contributed by atoms with van der Waals surface area (Å²) in [5.41, 5.74) is 0.829. The molecular formula is C19H18N2O6. The van der Waals surface area contributed by atoms with Gasteiger partial charge in [-0.3, -0.25) is 4.79 Å². The van der Waals surface area contributed by atoms with Gasteiger partial charge in [-0.1, -0.05) is 23.4 Å². The monoisotopic (exact) mass is 370 g/mol. The van der Waals surface area contributed by atoms with Gasteiger partial charge in [-0.25, -0.2) is 0 Å². The number of nitrogens with zero attached hydrogens (tertiary/aromatic N) is 1. The Hall–Kier alpha value is -3.52. The fourth-order valence-electron chi connectivity index (χ4n) is 2.61. The number of anilines is 1. The van der Waals surface area contributed by atoms with Crippen LogP contribution in [0.4, 0.5) is 5.69 Å². The molecule has 0 heterocycles. The molecule has 0 saturated heterocycles. The maximum atomic E-state index is 11.5. The van der Waals surface area contributed by atoms with E-state index in [1.807, 2.05) is 0 Å². The number of hydrogen-bond acceptors (Lipinski definition) is 8. The van der Waals surface area contributed by atoms with Crippen LogP contribution in [-0.2, 0) is 4.79 Å². The molecule has 1 unspecified atom stereocenters. The number of benzene rings is 2. The van der Waals surface area contributed by atoms with Gasteiger partial charge in [0, 0.05) is 12.0 Å². The first kappa shape index (κ1) is 18.3. The van der Waals surface area contributed by atoms with Crippen molar-refractivity contribution < 1.29 is 30.1 Å². The highest BCUT2D eigenvalue weighted by atomic mass is 16.5. The highest BCUT2D eigenvalue weighted by molar-refractivity contribution is 6.44. The minimum Gasteiger partial charge on any atom is -0.504 e. The zero-order valence-electron chi connectivity index (χ0n) is 14.1. The summed E-state index contributed by atoms with van der Waals surface area (Å²) in [6.07, 6.45) is 1.30. The number of ether oxygens (including phenoxy) is 1. The number of oxime groups is 1. The van der Waals surface area contributed by atoms with E-state index in [-0.39, 0.29) is 29.4 Å². The third-order valence-corrected chi connectivity index (χ3v) is 4.03. The second-order valence-electron chi connectivity index (χ2n) is 5.92. The number of phenolic OH excluding ortho intramolecular Hbond substituents is 2. The molecule has 3 rings (SSSR count). The van der Waals surface area contributed by atoms with E-state index in [1.165, 1.54) is 24.3 Å². The first-order valence-corrected chi connectivity index (χ1v) is 8.13. The van der Waals surface area contributed by atoms with Crippen LogP contribution in [0.5, 0.6) is 17.2 Å². The number of allylic oxidation sites excluding steroid dienone is 1. The van der Waals surface area contributed by atoms with Gasteiger partial charge in [0.1, 0.15) is 17.6 Å². The summed E-state index contributed by atoms with van der Waals surface area (Å²) >= 11 is 0. The number of aliphatic hydroxyl groups is 1. The van der Waals surface area contributed by atoms with Crippen molar-refractivity contribution in [2.45, 2.75) is 18.8 Å². The number of aliphatic hydroxyl groups excluding tert-OH is 1. The summed E-state index contributed by atoms with van der Waals surface area (Å²) in [4.78, 5) is 11.5. The summed E-state index contributed by atoms with van der Waals surface area (Å²) < 4.78 is 5.85. The van der Waals surface area contributed by atoms with Crippen LogP contribution in [0.25, 0.3) is 0 Å². The lowest BCUT2D eigenvalue weighted by Gasteiger charge is -2.22. The predicted molar refractivity (Wildman–Crippen MR) is 97.2 cm³/mol.